The topological polar surface area (TPSA) is 41.6 Å². The number of rotatable bonds is 4. The molecule has 15 heavy (non-hydrogen) atoms. The highest BCUT2D eigenvalue weighted by molar-refractivity contribution is 5.05. The Balaban J connectivity index is 2.15. The highest BCUT2D eigenvalue weighted by Crippen LogP contribution is 2.41. The first-order valence-corrected chi connectivity index (χ1v) is 5.64. The van der Waals surface area contributed by atoms with Gasteiger partial charge in [-0.05, 0) is 30.7 Å². The Morgan fingerprint density at radius 3 is 2.80 bits per heavy atom. The molecule has 3 nitrogen and oxygen atoms in total. The second kappa shape index (κ2) is 4.06. The first-order chi connectivity index (χ1) is 7.22. The van der Waals surface area contributed by atoms with Crippen LogP contribution in [0, 0.1) is 17.2 Å². The Morgan fingerprint density at radius 1 is 1.60 bits per heavy atom. The molecule has 1 aromatic heterocycles. The standard InChI is InChI=1S/C12H17N3/c1-9(2)11-6-8-15(14-11)12(5-7-13)10-3-4-10/h6,8-10,12H,3-5H2,1-2H3. The second-order valence-electron chi connectivity index (χ2n) is 4.64. The van der Waals surface area contributed by atoms with Crippen molar-refractivity contribution in [2.24, 2.45) is 5.92 Å². The summed E-state index contributed by atoms with van der Waals surface area (Å²) in [6, 6.07) is 4.64. The van der Waals surface area contributed by atoms with Gasteiger partial charge in [0.05, 0.1) is 24.2 Å². The summed E-state index contributed by atoms with van der Waals surface area (Å²) >= 11 is 0. The maximum Gasteiger partial charge on any atom is 0.0677 e. The van der Waals surface area contributed by atoms with E-state index in [0.29, 0.717) is 24.3 Å². The fourth-order valence-corrected chi connectivity index (χ4v) is 1.90. The Bertz CT molecular complexity index is 368. The summed E-state index contributed by atoms with van der Waals surface area (Å²) in [5.74, 6) is 1.15. The molecule has 1 heterocycles. The zero-order valence-electron chi connectivity index (χ0n) is 9.35. The molecule has 1 fully saturated rings. The van der Waals surface area contributed by atoms with Crippen LogP contribution in [0.1, 0.15) is 50.8 Å². The minimum absolute atomic E-state index is 0.308. The van der Waals surface area contributed by atoms with Crippen LogP contribution in [0.25, 0.3) is 0 Å². The molecule has 0 spiro atoms. The average molecular weight is 203 g/mol. The summed E-state index contributed by atoms with van der Waals surface area (Å²) < 4.78 is 2.00. The lowest BCUT2D eigenvalue weighted by molar-refractivity contribution is 0.408. The quantitative estimate of drug-likeness (QED) is 0.755. The van der Waals surface area contributed by atoms with Crippen molar-refractivity contribution in [1.82, 2.24) is 9.78 Å². The van der Waals surface area contributed by atoms with Gasteiger partial charge in [-0.2, -0.15) is 10.4 Å². The Kier molecular flexibility index (Phi) is 2.77. The van der Waals surface area contributed by atoms with Crippen LogP contribution >= 0.6 is 0 Å². The van der Waals surface area contributed by atoms with Crippen molar-refractivity contribution in [2.45, 2.75) is 45.1 Å². The van der Waals surface area contributed by atoms with Crippen LogP contribution in [0.4, 0.5) is 0 Å². The average Bonchev–Trinajstić information content (AvgIpc) is 2.91. The van der Waals surface area contributed by atoms with Crippen LogP contribution in [0.3, 0.4) is 0 Å². The molecule has 1 atom stereocenters. The molecule has 2 rings (SSSR count). The maximum atomic E-state index is 8.80. The molecular weight excluding hydrogens is 186 g/mol. The van der Waals surface area contributed by atoms with Gasteiger partial charge in [0.15, 0.2) is 0 Å². The van der Waals surface area contributed by atoms with E-state index in [1.54, 1.807) is 0 Å². The molecule has 0 amide bonds. The SMILES string of the molecule is CC(C)c1ccn(C(CC#N)C2CC2)n1. The molecule has 0 N–H and O–H groups in total. The van der Waals surface area contributed by atoms with Crippen molar-refractivity contribution in [3.63, 3.8) is 0 Å². The van der Waals surface area contributed by atoms with Crippen molar-refractivity contribution in [3.8, 4) is 6.07 Å². The van der Waals surface area contributed by atoms with Gasteiger partial charge in [-0.15, -0.1) is 0 Å². The second-order valence-corrected chi connectivity index (χ2v) is 4.64. The van der Waals surface area contributed by atoms with E-state index >= 15 is 0 Å². The number of nitriles is 1. The first-order valence-electron chi connectivity index (χ1n) is 5.64. The first kappa shape index (κ1) is 10.2. The minimum atomic E-state index is 0.308. The Morgan fingerprint density at radius 2 is 2.33 bits per heavy atom. The molecule has 0 saturated heterocycles. The molecule has 1 aliphatic rings. The largest absolute Gasteiger partial charge is 0.268 e. The van der Waals surface area contributed by atoms with Crippen LogP contribution in [-0.2, 0) is 0 Å². The van der Waals surface area contributed by atoms with E-state index in [2.05, 4.69) is 31.1 Å². The van der Waals surface area contributed by atoms with Crippen molar-refractivity contribution < 1.29 is 0 Å². The molecule has 1 aliphatic carbocycles. The molecule has 1 unspecified atom stereocenters. The fourth-order valence-electron chi connectivity index (χ4n) is 1.90. The van der Waals surface area contributed by atoms with E-state index in [1.165, 1.54) is 12.8 Å². The number of hydrogen-bond acceptors (Lipinski definition) is 2. The molecule has 0 aliphatic heterocycles. The third-order valence-electron chi connectivity index (χ3n) is 3.03. The van der Waals surface area contributed by atoms with Crippen LogP contribution in [0.15, 0.2) is 12.3 Å². The molecule has 0 bridgehead atoms. The highest BCUT2D eigenvalue weighted by atomic mass is 15.3. The van der Waals surface area contributed by atoms with Crippen LogP contribution in [0.5, 0.6) is 0 Å². The summed E-state index contributed by atoms with van der Waals surface area (Å²) in [4.78, 5) is 0. The van der Waals surface area contributed by atoms with Crippen LogP contribution in [0.2, 0.25) is 0 Å². The van der Waals surface area contributed by atoms with E-state index in [-0.39, 0.29) is 0 Å². The minimum Gasteiger partial charge on any atom is -0.268 e. The molecule has 0 aromatic carbocycles. The van der Waals surface area contributed by atoms with Crippen molar-refractivity contribution >= 4 is 0 Å². The summed E-state index contributed by atoms with van der Waals surface area (Å²) in [7, 11) is 0. The highest BCUT2D eigenvalue weighted by Gasteiger charge is 2.32. The van der Waals surface area contributed by atoms with E-state index in [0.717, 1.165) is 5.69 Å². The summed E-state index contributed by atoms with van der Waals surface area (Å²) in [5, 5.41) is 13.4. The molecule has 3 heteroatoms. The predicted octanol–water partition coefficient (Wildman–Crippen LogP) is 2.87. The van der Waals surface area contributed by atoms with Crippen molar-refractivity contribution in [2.75, 3.05) is 0 Å². The lowest BCUT2D eigenvalue weighted by atomic mass is 10.1. The van der Waals surface area contributed by atoms with E-state index in [1.807, 2.05) is 10.9 Å². The smallest absolute Gasteiger partial charge is 0.0677 e. The normalized spacial score (nSPS) is 17.7. The van der Waals surface area contributed by atoms with Gasteiger partial charge in [-0.3, -0.25) is 4.68 Å². The zero-order chi connectivity index (χ0) is 10.8. The summed E-state index contributed by atoms with van der Waals surface area (Å²) in [5.41, 5.74) is 1.12. The number of hydrogen-bond donors (Lipinski definition) is 0. The predicted molar refractivity (Wildman–Crippen MR) is 58.3 cm³/mol. The Labute approximate surface area is 90.7 Å². The van der Waals surface area contributed by atoms with Gasteiger partial charge >= 0.3 is 0 Å². The molecule has 0 radical (unpaired) electrons. The molecule has 80 valence electrons. The molecule has 1 aromatic rings. The monoisotopic (exact) mass is 203 g/mol. The summed E-state index contributed by atoms with van der Waals surface area (Å²) in [6.45, 7) is 4.28. The van der Waals surface area contributed by atoms with Gasteiger partial charge < -0.3 is 0 Å². The maximum absolute atomic E-state index is 8.80. The third kappa shape index (κ3) is 2.20. The van der Waals surface area contributed by atoms with Crippen molar-refractivity contribution in [1.29, 1.82) is 5.26 Å². The van der Waals surface area contributed by atoms with E-state index < -0.39 is 0 Å². The van der Waals surface area contributed by atoms with E-state index in [9.17, 15) is 0 Å². The molecular formula is C12H17N3. The zero-order valence-corrected chi connectivity index (χ0v) is 9.35. The lowest BCUT2D eigenvalue weighted by Crippen LogP contribution is -2.11. The van der Waals surface area contributed by atoms with Crippen LogP contribution in [-0.4, -0.2) is 9.78 Å². The van der Waals surface area contributed by atoms with Gasteiger partial charge in [0.2, 0.25) is 0 Å². The van der Waals surface area contributed by atoms with Crippen LogP contribution < -0.4 is 0 Å². The molecule has 1 saturated carbocycles. The lowest BCUT2D eigenvalue weighted by Gasteiger charge is -2.13. The van der Waals surface area contributed by atoms with Gasteiger partial charge in [0.25, 0.3) is 0 Å². The van der Waals surface area contributed by atoms with Gasteiger partial charge in [0.1, 0.15) is 0 Å². The van der Waals surface area contributed by atoms with Gasteiger partial charge in [0, 0.05) is 6.20 Å². The third-order valence-corrected chi connectivity index (χ3v) is 3.03. The number of aromatic nitrogens is 2. The van der Waals surface area contributed by atoms with Crippen molar-refractivity contribution in [3.05, 3.63) is 18.0 Å². The van der Waals surface area contributed by atoms with Gasteiger partial charge in [-0.25, -0.2) is 0 Å². The van der Waals surface area contributed by atoms with Gasteiger partial charge in [-0.1, -0.05) is 13.8 Å². The number of nitrogens with zero attached hydrogens (tertiary/aromatic N) is 3. The Hall–Kier alpha value is -1.30. The summed E-state index contributed by atoms with van der Waals surface area (Å²) in [6.07, 6.45) is 5.12. The fraction of sp³-hybridized carbons (Fsp3) is 0.667. The van der Waals surface area contributed by atoms with E-state index in [4.69, 9.17) is 5.26 Å².